The quantitative estimate of drug-likeness (QED) is 0.902. The standard InChI is InChI=1S/C14H18F3N3O/c1-9(2)20(8-14(15,16)17)13(21)12-7-18-10-5-3-4-6-11(10)19-12/h3-6,9,12,18-19H,7-8H2,1-2H3. The number of nitrogens with one attached hydrogen (secondary N) is 2. The summed E-state index contributed by atoms with van der Waals surface area (Å²) in [4.78, 5) is 13.2. The molecule has 4 nitrogen and oxygen atoms in total. The molecule has 7 heteroatoms. The summed E-state index contributed by atoms with van der Waals surface area (Å²) in [5.41, 5.74) is 1.56. The Balaban J connectivity index is 2.12. The number of carbonyl (C=O) groups is 1. The Kier molecular flexibility index (Phi) is 4.29. The molecule has 1 aliphatic heterocycles. The summed E-state index contributed by atoms with van der Waals surface area (Å²) < 4.78 is 37.8. The van der Waals surface area contributed by atoms with Gasteiger partial charge in [0.05, 0.1) is 11.4 Å². The van der Waals surface area contributed by atoms with Gasteiger partial charge in [-0.15, -0.1) is 0 Å². The maximum absolute atomic E-state index is 12.6. The Hall–Kier alpha value is -1.92. The van der Waals surface area contributed by atoms with E-state index in [4.69, 9.17) is 0 Å². The number of halogens is 3. The normalized spacial score (nSPS) is 17.7. The van der Waals surface area contributed by atoms with E-state index in [1.165, 1.54) is 0 Å². The molecular weight excluding hydrogens is 283 g/mol. The fourth-order valence-corrected chi connectivity index (χ4v) is 2.27. The minimum Gasteiger partial charge on any atom is -0.381 e. The fourth-order valence-electron chi connectivity index (χ4n) is 2.27. The van der Waals surface area contributed by atoms with Gasteiger partial charge in [-0.25, -0.2) is 0 Å². The van der Waals surface area contributed by atoms with E-state index in [2.05, 4.69) is 10.6 Å². The highest BCUT2D eigenvalue weighted by Crippen LogP contribution is 2.26. The summed E-state index contributed by atoms with van der Waals surface area (Å²) in [5, 5.41) is 6.06. The Morgan fingerprint density at radius 3 is 2.52 bits per heavy atom. The first kappa shape index (κ1) is 15.5. The largest absolute Gasteiger partial charge is 0.406 e. The third kappa shape index (κ3) is 3.80. The van der Waals surface area contributed by atoms with Gasteiger partial charge in [0.2, 0.25) is 5.91 Å². The van der Waals surface area contributed by atoms with Gasteiger partial charge in [-0.05, 0) is 26.0 Å². The van der Waals surface area contributed by atoms with Crippen molar-refractivity contribution >= 4 is 17.3 Å². The first-order valence-corrected chi connectivity index (χ1v) is 6.74. The van der Waals surface area contributed by atoms with Crippen molar-refractivity contribution in [3.8, 4) is 0 Å². The Labute approximate surface area is 121 Å². The zero-order chi connectivity index (χ0) is 15.6. The number of rotatable bonds is 3. The van der Waals surface area contributed by atoms with Gasteiger partial charge in [0, 0.05) is 12.6 Å². The Morgan fingerprint density at radius 1 is 1.33 bits per heavy atom. The van der Waals surface area contributed by atoms with Crippen LogP contribution < -0.4 is 10.6 Å². The summed E-state index contributed by atoms with van der Waals surface area (Å²) in [6.45, 7) is 2.18. The molecule has 0 bridgehead atoms. The molecule has 2 N–H and O–H groups in total. The average molecular weight is 301 g/mol. The molecular formula is C14H18F3N3O. The second-order valence-corrected chi connectivity index (χ2v) is 5.30. The van der Waals surface area contributed by atoms with E-state index in [9.17, 15) is 18.0 Å². The predicted molar refractivity (Wildman–Crippen MR) is 75.2 cm³/mol. The van der Waals surface area contributed by atoms with Gasteiger partial charge >= 0.3 is 6.18 Å². The highest BCUT2D eigenvalue weighted by Gasteiger charge is 2.37. The van der Waals surface area contributed by atoms with Crippen molar-refractivity contribution in [3.63, 3.8) is 0 Å². The SMILES string of the molecule is CC(C)N(CC(F)(F)F)C(=O)C1CNc2ccccc2N1. The number of hydrogen-bond acceptors (Lipinski definition) is 3. The van der Waals surface area contributed by atoms with Crippen LogP contribution in [0.3, 0.4) is 0 Å². The van der Waals surface area contributed by atoms with Gasteiger partial charge in [0.25, 0.3) is 0 Å². The highest BCUT2D eigenvalue weighted by atomic mass is 19.4. The van der Waals surface area contributed by atoms with Gasteiger partial charge in [0.15, 0.2) is 0 Å². The molecule has 0 aromatic heterocycles. The van der Waals surface area contributed by atoms with E-state index < -0.39 is 30.7 Å². The second-order valence-electron chi connectivity index (χ2n) is 5.30. The zero-order valence-electron chi connectivity index (χ0n) is 11.9. The van der Waals surface area contributed by atoms with Crippen LogP contribution in [0.15, 0.2) is 24.3 Å². The van der Waals surface area contributed by atoms with Gasteiger partial charge < -0.3 is 15.5 Å². The van der Waals surface area contributed by atoms with E-state index in [0.29, 0.717) is 0 Å². The number of amides is 1. The molecule has 0 spiro atoms. The van der Waals surface area contributed by atoms with Crippen LogP contribution in [0, 0.1) is 0 Å². The molecule has 1 amide bonds. The van der Waals surface area contributed by atoms with Crippen LogP contribution in [-0.4, -0.2) is 42.2 Å². The predicted octanol–water partition coefficient (Wildman–Crippen LogP) is 2.69. The van der Waals surface area contributed by atoms with Gasteiger partial charge in [-0.1, -0.05) is 12.1 Å². The van der Waals surface area contributed by atoms with E-state index in [-0.39, 0.29) is 6.54 Å². The lowest BCUT2D eigenvalue weighted by molar-refractivity contribution is -0.164. The molecule has 0 aliphatic carbocycles. The number of benzene rings is 1. The van der Waals surface area contributed by atoms with Crippen molar-refractivity contribution in [2.75, 3.05) is 23.7 Å². The highest BCUT2D eigenvalue weighted by molar-refractivity contribution is 5.88. The molecule has 0 saturated heterocycles. The van der Waals surface area contributed by atoms with E-state index in [1.807, 2.05) is 12.1 Å². The monoisotopic (exact) mass is 301 g/mol. The van der Waals surface area contributed by atoms with E-state index >= 15 is 0 Å². The van der Waals surface area contributed by atoms with Crippen LogP contribution in [0.4, 0.5) is 24.5 Å². The third-order valence-electron chi connectivity index (χ3n) is 3.31. The lowest BCUT2D eigenvalue weighted by atomic mass is 10.1. The first-order chi connectivity index (χ1) is 9.78. The molecule has 1 aromatic carbocycles. The van der Waals surface area contributed by atoms with Crippen LogP contribution >= 0.6 is 0 Å². The maximum Gasteiger partial charge on any atom is 0.406 e. The Bertz CT molecular complexity index is 516. The molecule has 1 aromatic rings. The van der Waals surface area contributed by atoms with Crippen LogP contribution in [0.25, 0.3) is 0 Å². The van der Waals surface area contributed by atoms with Gasteiger partial charge in [-0.3, -0.25) is 4.79 Å². The number of carbonyl (C=O) groups excluding carboxylic acids is 1. The summed E-state index contributed by atoms with van der Waals surface area (Å²) >= 11 is 0. The number of alkyl halides is 3. The number of para-hydroxylation sites is 2. The molecule has 1 atom stereocenters. The molecule has 116 valence electrons. The first-order valence-electron chi connectivity index (χ1n) is 6.74. The number of anilines is 2. The zero-order valence-corrected chi connectivity index (χ0v) is 11.9. The lowest BCUT2D eigenvalue weighted by Gasteiger charge is -2.34. The molecule has 0 radical (unpaired) electrons. The molecule has 0 fully saturated rings. The average Bonchev–Trinajstić information content (AvgIpc) is 2.42. The van der Waals surface area contributed by atoms with E-state index in [0.717, 1.165) is 16.3 Å². The lowest BCUT2D eigenvalue weighted by Crippen LogP contribution is -2.52. The van der Waals surface area contributed by atoms with E-state index in [1.54, 1.807) is 26.0 Å². The fraction of sp³-hybridized carbons (Fsp3) is 0.500. The number of hydrogen-bond donors (Lipinski definition) is 2. The second kappa shape index (κ2) is 5.83. The molecule has 1 unspecified atom stereocenters. The minimum atomic E-state index is -4.40. The van der Waals surface area contributed by atoms with Crippen LogP contribution in [0.2, 0.25) is 0 Å². The van der Waals surface area contributed by atoms with Crippen molar-refractivity contribution in [3.05, 3.63) is 24.3 Å². The maximum atomic E-state index is 12.6. The smallest absolute Gasteiger partial charge is 0.381 e. The van der Waals surface area contributed by atoms with Crippen molar-refractivity contribution in [1.82, 2.24) is 4.90 Å². The molecule has 2 rings (SSSR count). The molecule has 1 aliphatic rings. The Morgan fingerprint density at radius 2 is 1.95 bits per heavy atom. The third-order valence-corrected chi connectivity index (χ3v) is 3.31. The summed E-state index contributed by atoms with van der Waals surface area (Å²) in [7, 11) is 0. The molecule has 1 heterocycles. The van der Waals surface area contributed by atoms with Crippen molar-refractivity contribution in [2.45, 2.75) is 32.1 Å². The topological polar surface area (TPSA) is 44.4 Å². The van der Waals surface area contributed by atoms with Gasteiger partial charge in [0.1, 0.15) is 12.6 Å². The van der Waals surface area contributed by atoms with Crippen LogP contribution in [0.5, 0.6) is 0 Å². The summed E-state index contributed by atoms with van der Waals surface area (Å²) in [6.07, 6.45) is -4.40. The summed E-state index contributed by atoms with van der Waals surface area (Å²) in [5.74, 6) is -0.552. The summed E-state index contributed by atoms with van der Waals surface area (Å²) in [6, 6.07) is 6.06. The molecule has 21 heavy (non-hydrogen) atoms. The van der Waals surface area contributed by atoms with Gasteiger partial charge in [-0.2, -0.15) is 13.2 Å². The number of nitrogens with zero attached hydrogens (tertiary/aromatic N) is 1. The van der Waals surface area contributed by atoms with Crippen molar-refractivity contribution in [1.29, 1.82) is 0 Å². The van der Waals surface area contributed by atoms with Crippen molar-refractivity contribution < 1.29 is 18.0 Å². The molecule has 0 saturated carbocycles. The minimum absolute atomic E-state index is 0.261. The number of fused-ring (bicyclic) bond motifs is 1. The van der Waals surface area contributed by atoms with Crippen LogP contribution in [0.1, 0.15) is 13.8 Å². The van der Waals surface area contributed by atoms with Crippen LogP contribution in [-0.2, 0) is 4.79 Å². The van der Waals surface area contributed by atoms with Crippen molar-refractivity contribution in [2.24, 2.45) is 0 Å².